The minimum Gasteiger partial charge on any atom is -0.497 e. The number of carbonyl (C=O) groups excluding carboxylic acids is 2. The van der Waals surface area contributed by atoms with Gasteiger partial charge in [0.1, 0.15) is 11.5 Å². The standard InChI is InChI=1S/C23H23NO4/c1-27-16-8-9-21(28-2)17(12-16)18-13-22(26)24-19-10-15(11-20(25)23(18)19)14-6-4-3-5-7-14/h3-9,12,15,18H,10-11,13H2,1-2H3,(H,24,26). The van der Waals surface area contributed by atoms with Crippen molar-refractivity contribution in [1.82, 2.24) is 5.32 Å². The molecule has 1 N–H and O–H groups in total. The zero-order chi connectivity index (χ0) is 19.7. The highest BCUT2D eigenvalue weighted by atomic mass is 16.5. The molecule has 1 heterocycles. The molecule has 144 valence electrons. The number of nitrogens with one attached hydrogen (secondary N) is 1. The van der Waals surface area contributed by atoms with Crippen LogP contribution in [0.5, 0.6) is 11.5 Å². The molecule has 2 unspecified atom stereocenters. The predicted molar refractivity (Wildman–Crippen MR) is 105 cm³/mol. The lowest BCUT2D eigenvalue weighted by Gasteiger charge is -2.35. The highest BCUT2D eigenvalue weighted by Crippen LogP contribution is 2.45. The number of hydrogen-bond acceptors (Lipinski definition) is 4. The van der Waals surface area contributed by atoms with Crippen LogP contribution < -0.4 is 14.8 Å². The van der Waals surface area contributed by atoms with Crippen LogP contribution in [0.2, 0.25) is 0 Å². The molecule has 0 spiro atoms. The number of carbonyl (C=O) groups is 2. The summed E-state index contributed by atoms with van der Waals surface area (Å²) >= 11 is 0. The molecule has 28 heavy (non-hydrogen) atoms. The first-order chi connectivity index (χ1) is 13.6. The Balaban J connectivity index is 1.77. The number of methoxy groups -OCH3 is 2. The van der Waals surface area contributed by atoms with Crippen molar-refractivity contribution in [3.05, 3.63) is 70.9 Å². The van der Waals surface area contributed by atoms with E-state index < -0.39 is 0 Å². The third kappa shape index (κ3) is 3.28. The molecule has 1 amide bonds. The third-order valence-corrected chi connectivity index (χ3v) is 5.62. The number of rotatable bonds is 4. The number of amides is 1. The van der Waals surface area contributed by atoms with E-state index in [-0.39, 0.29) is 29.9 Å². The molecule has 5 heteroatoms. The van der Waals surface area contributed by atoms with E-state index in [0.29, 0.717) is 29.9 Å². The van der Waals surface area contributed by atoms with Gasteiger partial charge in [-0.1, -0.05) is 30.3 Å². The maximum absolute atomic E-state index is 13.2. The number of Topliss-reactive ketones (excluding diaryl/α,β-unsaturated/α-hetero) is 1. The molecule has 2 aliphatic rings. The van der Waals surface area contributed by atoms with Crippen LogP contribution in [0, 0.1) is 0 Å². The second-order valence-corrected chi connectivity index (χ2v) is 7.24. The molecule has 2 aromatic carbocycles. The summed E-state index contributed by atoms with van der Waals surface area (Å²) in [4.78, 5) is 25.7. The number of allylic oxidation sites excluding steroid dienone is 2. The smallest absolute Gasteiger partial charge is 0.225 e. The van der Waals surface area contributed by atoms with Crippen molar-refractivity contribution in [2.24, 2.45) is 0 Å². The van der Waals surface area contributed by atoms with Gasteiger partial charge in [0.2, 0.25) is 5.91 Å². The van der Waals surface area contributed by atoms with Crippen molar-refractivity contribution in [2.45, 2.75) is 31.1 Å². The average Bonchev–Trinajstić information content (AvgIpc) is 2.72. The summed E-state index contributed by atoms with van der Waals surface area (Å²) in [5.74, 6) is 1.11. The maximum atomic E-state index is 13.2. The average molecular weight is 377 g/mol. The van der Waals surface area contributed by atoms with Gasteiger partial charge in [-0.05, 0) is 36.1 Å². The molecule has 0 aromatic heterocycles. The first-order valence-corrected chi connectivity index (χ1v) is 9.43. The second-order valence-electron chi connectivity index (χ2n) is 7.24. The van der Waals surface area contributed by atoms with Gasteiger partial charge in [-0.2, -0.15) is 0 Å². The van der Waals surface area contributed by atoms with Crippen LogP contribution in [0.15, 0.2) is 59.8 Å². The molecular formula is C23H23NO4. The Bertz CT molecular complexity index is 948. The van der Waals surface area contributed by atoms with Crippen LogP contribution in [-0.2, 0) is 9.59 Å². The number of benzene rings is 2. The highest BCUT2D eigenvalue weighted by Gasteiger charge is 2.39. The lowest BCUT2D eigenvalue weighted by molar-refractivity contribution is -0.122. The van der Waals surface area contributed by atoms with E-state index in [0.717, 1.165) is 16.8 Å². The van der Waals surface area contributed by atoms with Gasteiger partial charge in [0.15, 0.2) is 5.78 Å². The van der Waals surface area contributed by atoms with Crippen molar-refractivity contribution in [1.29, 1.82) is 0 Å². The quantitative estimate of drug-likeness (QED) is 0.882. The van der Waals surface area contributed by atoms with Crippen LogP contribution in [0.3, 0.4) is 0 Å². The molecular weight excluding hydrogens is 354 g/mol. The zero-order valence-electron chi connectivity index (χ0n) is 16.0. The monoisotopic (exact) mass is 377 g/mol. The molecule has 1 aliphatic carbocycles. The zero-order valence-corrected chi connectivity index (χ0v) is 16.0. The van der Waals surface area contributed by atoms with Crippen molar-refractivity contribution in [2.75, 3.05) is 14.2 Å². The van der Waals surface area contributed by atoms with Gasteiger partial charge in [0.05, 0.1) is 14.2 Å². The van der Waals surface area contributed by atoms with Crippen molar-refractivity contribution in [3.63, 3.8) is 0 Å². The van der Waals surface area contributed by atoms with Gasteiger partial charge in [-0.3, -0.25) is 9.59 Å². The first-order valence-electron chi connectivity index (χ1n) is 9.43. The van der Waals surface area contributed by atoms with Crippen LogP contribution in [0.4, 0.5) is 0 Å². The van der Waals surface area contributed by atoms with E-state index in [9.17, 15) is 9.59 Å². The van der Waals surface area contributed by atoms with Gasteiger partial charge < -0.3 is 14.8 Å². The molecule has 4 rings (SSSR count). The Kier molecular flexibility index (Phi) is 4.90. The van der Waals surface area contributed by atoms with Crippen LogP contribution in [0.1, 0.15) is 42.2 Å². The van der Waals surface area contributed by atoms with E-state index in [2.05, 4.69) is 5.32 Å². The van der Waals surface area contributed by atoms with E-state index in [1.807, 2.05) is 48.5 Å². The largest absolute Gasteiger partial charge is 0.497 e. The third-order valence-electron chi connectivity index (χ3n) is 5.62. The molecule has 0 fully saturated rings. The Labute approximate surface area is 164 Å². The van der Waals surface area contributed by atoms with E-state index >= 15 is 0 Å². The van der Waals surface area contributed by atoms with Gasteiger partial charge in [0.25, 0.3) is 0 Å². The number of ether oxygens (including phenoxy) is 2. The number of hydrogen-bond donors (Lipinski definition) is 1. The second kappa shape index (κ2) is 7.50. The molecule has 5 nitrogen and oxygen atoms in total. The van der Waals surface area contributed by atoms with Crippen molar-refractivity contribution < 1.29 is 19.1 Å². The molecule has 2 aromatic rings. The van der Waals surface area contributed by atoms with E-state index in [1.165, 1.54) is 0 Å². The molecule has 2 atom stereocenters. The minimum absolute atomic E-state index is 0.0739. The van der Waals surface area contributed by atoms with Gasteiger partial charge in [-0.15, -0.1) is 0 Å². The minimum atomic E-state index is -0.321. The van der Waals surface area contributed by atoms with Crippen molar-refractivity contribution in [3.8, 4) is 11.5 Å². The Morgan fingerprint density at radius 2 is 1.71 bits per heavy atom. The van der Waals surface area contributed by atoms with Gasteiger partial charge >= 0.3 is 0 Å². The van der Waals surface area contributed by atoms with Crippen LogP contribution in [-0.4, -0.2) is 25.9 Å². The molecule has 0 radical (unpaired) electrons. The summed E-state index contributed by atoms with van der Waals surface area (Å²) in [7, 11) is 3.19. The summed E-state index contributed by atoms with van der Waals surface area (Å²) in [5.41, 5.74) is 3.39. The van der Waals surface area contributed by atoms with Crippen LogP contribution in [0.25, 0.3) is 0 Å². The van der Waals surface area contributed by atoms with E-state index in [4.69, 9.17) is 9.47 Å². The molecule has 0 saturated carbocycles. The molecule has 0 bridgehead atoms. The fourth-order valence-electron chi connectivity index (χ4n) is 4.30. The van der Waals surface area contributed by atoms with Crippen molar-refractivity contribution >= 4 is 11.7 Å². The summed E-state index contributed by atoms with van der Waals surface area (Å²) in [6.07, 6.45) is 1.32. The molecule has 1 aliphatic heterocycles. The van der Waals surface area contributed by atoms with Gasteiger partial charge in [0, 0.05) is 35.6 Å². The summed E-state index contributed by atoms with van der Waals surface area (Å²) in [6, 6.07) is 15.5. The summed E-state index contributed by atoms with van der Waals surface area (Å²) in [5, 5.41) is 2.96. The lowest BCUT2D eigenvalue weighted by atomic mass is 9.73. The lowest BCUT2D eigenvalue weighted by Crippen LogP contribution is -2.38. The SMILES string of the molecule is COc1ccc(OC)c(C2CC(=O)NC3=C2C(=O)CC(c2ccccc2)C3)c1. The highest BCUT2D eigenvalue weighted by molar-refractivity contribution is 6.02. The molecule has 0 saturated heterocycles. The Morgan fingerprint density at radius 3 is 2.43 bits per heavy atom. The first kappa shape index (κ1) is 18.3. The van der Waals surface area contributed by atoms with Crippen LogP contribution >= 0.6 is 0 Å². The van der Waals surface area contributed by atoms with Gasteiger partial charge in [-0.25, -0.2) is 0 Å². The summed E-state index contributed by atoms with van der Waals surface area (Å²) in [6.45, 7) is 0. The van der Waals surface area contributed by atoms with E-state index in [1.54, 1.807) is 14.2 Å². The fraction of sp³-hybridized carbons (Fsp3) is 0.304. The summed E-state index contributed by atoms with van der Waals surface area (Å²) < 4.78 is 10.9. The predicted octanol–water partition coefficient (Wildman–Crippen LogP) is 3.71. The fourth-order valence-corrected chi connectivity index (χ4v) is 4.30. The number of ketones is 1. The Hall–Kier alpha value is -3.08. The topological polar surface area (TPSA) is 64.6 Å². The Morgan fingerprint density at radius 1 is 0.929 bits per heavy atom. The maximum Gasteiger partial charge on any atom is 0.225 e. The normalized spacial score (nSPS) is 21.8.